The Morgan fingerprint density at radius 3 is 2.14 bits per heavy atom. The molecule has 0 radical (unpaired) electrons. The van der Waals surface area contributed by atoms with Crippen molar-refractivity contribution >= 4 is 40.2 Å². The van der Waals surface area contributed by atoms with Crippen LogP contribution in [-0.2, 0) is 0 Å². The Morgan fingerprint density at radius 2 is 2.14 bits per heavy atom. The van der Waals surface area contributed by atoms with Gasteiger partial charge in [0.05, 0.1) is 0 Å². The predicted octanol–water partition coefficient (Wildman–Crippen LogP) is 0.168. The monoisotopic (exact) mass is 212 g/mol. The van der Waals surface area contributed by atoms with Crippen molar-refractivity contribution in [1.29, 1.82) is 0 Å². The molecule has 0 fully saturated rings. The maximum absolute atomic E-state index is 8.46. The van der Waals surface area contributed by atoms with Gasteiger partial charge in [-0.2, -0.15) is 0 Å². The van der Waals surface area contributed by atoms with Crippen molar-refractivity contribution < 1.29 is 3.47 Å². The molecule has 0 heterocycles. The second-order valence-corrected chi connectivity index (χ2v) is 4.22. The van der Waals surface area contributed by atoms with Gasteiger partial charge in [-0.25, -0.2) is 0 Å². The van der Waals surface area contributed by atoms with Crippen molar-refractivity contribution in [3.8, 4) is 0 Å². The normalized spacial score (nSPS) is 12.4. The van der Waals surface area contributed by atoms with E-state index in [1.165, 1.54) is 0 Å². The van der Waals surface area contributed by atoms with Gasteiger partial charge in [-0.05, 0) is 0 Å². The van der Waals surface area contributed by atoms with Crippen LogP contribution in [0.5, 0.6) is 0 Å². The quantitative estimate of drug-likeness (QED) is 0.643. The molecule has 0 spiro atoms. The first-order valence-electron chi connectivity index (χ1n) is 2.11. The molecule has 7 heavy (non-hydrogen) atoms. The maximum atomic E-state index is 8.46. The van der Waals surface area contributed by atoms with Crippen LogP contribution in [0.1, 0.15) is 20.3 Å². The van der Waals surface area contributed by atoms with E-state index in [1.54, 1.807) is 0 Å². The van der Waals surface area contributed by atoms with E-state index >= 15 is 0 Å². The fraction of sp³-hybridized carbons (Fsp3) is 1.00. The SMILES string of the molecule is CCC(C)[Te]O.[LiH]. The number of hydrogen-bond acceptors (Lipinski definition) is 1. The summed E-state index contributed by atoms with van der Waals surface area (Å²) >= 11 is -0.598. The van der Waals surface area contributed by atoms with Crippen molar-refractivity contribution in [2.45, 2.75) is 24.2 Å². The first-order valence-corrected chi connectivity index (χ1v) is 4.50. The molecule has 3 heteroatoms. The van der Waals surface area contributed by atoms with Gasteiger partial charge in [0, 0.05) is 0 Å². The van der Waals surface area contributed by atoms with Gasteiger partial charge in [-0.3, -0.25) is 0 Å². The zero-order valence-corrected chi connectivity index (χ0v) is 6.47. The Morgan fingerprint density at radius 1 is 1.71 bits per heavy atom. The molecule has 1 atom stereocenters. The van der Waals surface area contributed by atoms with Crippen LogP contribution in [0, 0.1) is 0 Å². The van der Waals surface area contributed by atoms with Gasteiger partial charge in [-0.1, -0.05) is 0 Å². The summed E-state index contributed by atoms with van der Waals surface area (Å²) in [6.07, 6.45) is 1.14. The molecule has 0 rings (SSSR count). The predicted molar refractivity (Wildman–Crippen MR) is 34.8 cm³/mol. The summed E-state index contributed by atoms with van der Waals surface area (Å²) in [4.78, 5) is 0. The van der Waals surface area contributed by atoms with Crippen molar-refractivity contribution in [3.05, 3.63) is 0 Å². The van der Waals surface area contributed by atoms with Crippen LogP contribution < -0.4 is 0 Å². The molecule has 0 aromatic rings. The van der Waals surface area contributed by atoms with Gasteiger partial charge in [0.15, 0.2) is 0 Å². The zero-order valence-electron chi connectivity index (χ0n) is 4.14. The molecular weight excluding hydrogens is 199 g/mol. The van der Waals surface area contributed by atoms with Crippen LogP contribution >= 0.6 is 0 Å². The van der Waals surface area contributed by atoms with Gasteiger partial charge < -0.3 is 0 Å². The third-order valence-corrected chi connectivity index (χ3v) is 2.73. The summed E-state index contributed by atoms with van der Waals surface area (Å²) in [5.41, 5.74) is 0. The van der Waals surface area contributed by atoms with Gasteiger partial charge in [0.25, 0.3) is 0 Å². The molecule has 0 saturated carbocycles. The summed E-state index contributed by atoms with van der Waals surface area (Å²) < 4.78 is 9.09. The molecule has 1 N–H and O–H groups in total. The van der Waals surface area contributed by atoms with E-state index in [-0.39, 0.29) is 18.9 Å². The summed E-state index contributed by atoms with van der Waals surface area (Å²) in [7, 11) is 0. The molecular formula is C4H11LiOTe. The van der Waals surface area contributed by atoms with Crippen molar-refractivity contribution in [3.63, 3.8) is 0 Å². The Hall–Kier alpha value is 1.35. The van der Waals surface area contributed by atoms with E-state index in [4.69, 9.17) is 3.47 Å². The van der Waals surface area contributed by atoms with E-state index < -0.39 is 21.3 Å². The Bertz CT molecular complexity index is 30.9. The second kappa shape index (κ2) is 7.35. The summed E-state index contributed by atoms with van der Waals surface area (Å²) in [6, 6.07) is 0. The second-order valence-electron chi connectivity index (χ2n) is 1.32. The topological polar surface area (TPSA) is 20.2 Å². The van der Waals surface area contributed by atoms with E-state index in [9.17, 15) is 0 Å². The molecule has 0 bridgehead atoms. The minimum atomic E-state index is -0.598. The third kappa shape index (κ3) is 7.35. The van der Waals surface area contributed by atoms with Crippen molar-refractivity contribution in [2.75, 3.05) is 0 Å². The summed E-state index contributed by atoms with van der Waals surface area (Å²) in [5, 5.41) is 0. The molecule has 0 aromatic heterocycles. The van der Waals surface area contributed by atoms with Gasteiger partial charge in [0.2, 0.25) is 0 Å². The molecule has 0 aliphatic rings. The van der Waals surface area contributed by atoms with Crippen LogP contribution in [-0.4, -0.2) is 43.7 Å². The first kappa shape index (κ1) is 11.2. The van der Waals surface area contributed by atoms with Crippen LogP contribution in [0.25, 0.3) is 0 Å². The molecule has 0 saturated heterocycles. The average Bonchev–Trinajstić information content (AvgIpc) is 1.65. The third-order valence-electron chi connectivity index (χ3n) is 0.755. The molecule has 1 unspecified atom stereocenters. The molecule has 1 nitrogen and oxygen atoms in total. The minimum absolute atomic E-state index is 0. The standard InChI is InChI=1S/C4H10OTe.Li.H/c1-3-4(2)6-5;;/h4-5H,3H2,1-2H3;;. The van der Waals surface area contributed by atoms with E-state index in [0.29, 0.717) is 3.97 Å². The molecule has 40 valence electrons. The number of hydrogen-bond donors (Lipinski definition) is 1. The van der Waals surface area contributed by atoms with Crippen molar-refractivity contribution in [1.82, 2.24) is 0 Å². The van der Waals surface area contributed by atoms with E-state index in [1.807, 2.05) is 0 Å². The molecule has 0 aliphatic carbocycles. The van der Waals surface area contributed by atoms with Crippen LogP contribution in [0.3, 0.4) is 0 Å². The van der Waals surface area contributed by atoms with Gasteiger partial charge in [0.1, 0.15) is 0 Å². The van der Waals surface area contributed by atoms with Crippen LogP contribution in [0.15, 0.2) is 0 Å². The Kier molecular flexibility index (Phi) is 11.7. The Balaban J connectivity index is 0. The summed E-state index contributed by atoms with van der Waals surface area (Å²) in [6.45, 7) is 4.19. The fourth-order valence-corrected chi connectivity index (χ4v) is 0.500. The van der Waals surface area contributed by atoms with E-state index in [0.717, 1.165) is 6.42 Å². The summed E-state index contributed by atoms with van der Waals surface area (Å²) in [5.74, 6) is 0. The Labute approximate surface area is 67.7 Å². The van der Waals surface area contributed by atoms with E-state index in [2.05, 4.69) is 13.8 Å². The van der Waals surface area contributed by atoms with Crippen LogP contribution in [0.4, 0.5) is 0 Å². The fourth-order valence-electron chi connectivity index (χ4n) is 0.0745. The van der Waals surface area contributed by atoms with Crippen LogP contribution in [0.2, 0.25) is 3.97 Å². The zero-order chi connectivity index (χ0) is 4.99. The van der Waals surface area contributed by atoms with Gasteiger partial charge in [-0.15, -0.1) is 0 Å². The molecule has 0 aromatic carbocycles. The van der Waals surface area contributed by atoms with Crippen molar-refractivity contribution in [2.24, 2.45) is 0 Å². The average molecular weight is 210 g/mol. The molecule has 0 amide bonds. The first-order chi connectivity index (χ1) is 2.81. The number of rotatable bonds is 2. The molecule has 0 aliphatic heterocycles. The van der Waals surface area contributed by atoms with Gasteiger partial charge >= 0.3 is 67.9 Å².